The maximum absolute atomic E-state index is 12.3. The summed E-state index contributed by atoms with van der Waals surface area (Å²) in [7, 11) is -3.96. The van der Waals surface area contributed by atoms with E-state index < -0.39 is 40.5 Å². The molecule has 11 nitrogen and oxygen atoms in total. The molecule has 2 aromatic heterocycles. The minimum atomic E-state index is -3.96. The summed E-state index contributed by atoms with van der Waals surface area (Å²) in [6.45, 7) is 2.82. The summed E-state index contributed by atoms with van der Waals surface area (Å²) >= 11 is 0. The molecular formula is C25H25N5O6S. The van der Waals surface area contributed by atoms with Crippen LogP contribution in [0.2, 0.25) is 0 Å². The molecule has 1 saturated heterocycles. The van der Waals surface area contributed by atoms with E-state index in [1.807, 2.05) is 41.3 Å². The quantitative estimate of drug-likeness (QED) is 0.298. The van der Waals surface area contributed by atoms with Gasteiger partial charge < -0.3 is 24.8 Å². The van der Waals surface area contributed by atoms with E-state index in [0.717, 1.165) is 18.1 Å². The zero-order valence-electron chi connectivity index (χ0n) is 19.9. The minimum absolute atomic E-state index is 0.0581. The molecule has 2 aromatic carbocycles. The summed E-state index contributed by atoms with van der Waals surface area (Å²) in [5, 5.41) is 24.8. The van der Waals surface area contributed by atoms with Gasteiger partial charge in [-0.2, -0.15) is 0 Å². The molecule has 1 aliphatic heterocycles. The summed E-state index contributed by atoms with van der Waals surface area (Å²) in [5.41, 5.74) is 2.68. The lowest BCUT2D eigenvalue weighted by molar-refractivity contribution is -0.117. The van der Waals surface area contributed by atoms with Crippen LogP contribution in [0.25, 0.3) is 22.2 Å². The van der Waals surface area contributed by atoms with Gasteiger partial charge in [-0.1, -0.05) is 30.3 Å². The molecule has 0 aliphatic carbocycles. The number of benzene rings is 2. The van der Waals surface area contributed by atoms with E-state index in [9.17, 15) is 23.4 Å². The Labute approximate surface area is 212 Å². The summed E-state index contributed by atoms with van der Waals surface area (Å²) < 4.78 is 34.0. The van der Waals surface area contributed by atoms with Crippen LogP contribution in [-0.4, -0.2) is 57.4 Å². The van der Waals surface area contributed by atoms with Gasteiger partial charge in [0.05, 0.1) is 16.4 Å². The minimum Gasteiger partial charge on any atom is -0.388 e. The van der Waals surface area contributed by atoms with Crippen molar-refractivity contribution >= 4 is 38.5 Å². The molecule has 0 radical (unpaired) electrons. The maximum Gasteiger partial charge on any atom is 0.264 e. The number of sulfonamides is 1. The van der Waals surface area contributed by atoms with Crippen LogP contribution < -0.4 is 10.0 Å². The second-order valence-electron chi connectivity index (χ2n) is 8.76. The SMILES string of the molecule is CC(=O)NS(=O)(=O)c1ccc(Nc2ncnc3c2c(-c2ccccc2)cn3[C@@H]2O[C@H](C)[C@@H](O)[C@H]2O)cc1. The van der Waals surface area contributed by atoms with Crippen LogP contribution in [0.3, 0.4) is 0 Å². The topological polar surface area (TPSA) is 156 Å². The number of amides is 1. The molecule has 1 amide bonds. The van der Waals surface area contributed by atoms with Gasteiger partial charge in [-0.3, -0.25) is 4.79 Å². The lowest BCUT2D eigenvalue weighted by Crippen LogP contribution is -2.30. The van der Waals surface area contributed by atoms with E-state index in [-0.39, 0.29) is 4.90 Å². The van der Waals surface area contributed by atoms with Gasteiger partial charge in [0.15, 0.2) is 6.23 Å². The molecule has 5 rings (SSSR count). The van der Waals surface area contributed by atoms with Crippen LogP contribution in [-0.2, 0) is 19.6 Å². The summed E-state index contributed by atoms with van der Waals surface area (Å²) in [6, 6.07) is 15.4. The van der Waals surface area contributed by atoms with Crippen molar-refractivity contribution in [3.8, 4) is 11.1 Å². The van der Waals surface area contributed by atoms with E-state index in [0.29, 0.717) is 22.5 Å². The first kappa shape index (κ1) is 24.8. The molecular weight excluding hydrogens is 498 g/mol. The maximum atomic E-state index is 12.3. The van der Waals surface area contributed by atoms with Crippen LogP contribution in [0.15, 0.2) is 72.0 Å². The molecule has 0 unspecified atom stereocenters. The van der Waals surface area contributed by atoms with Crippen molar-refractivity contribution in [1.82, 2.24) is 19.3 Å². The number of anilines is 2. The number of nitrogens with zero attached hydrogens (tertiary/aromatic N) is 3. The molecule has 4 N–H and O–H groups in total. The number of aliphatic hydroxyl groups is 2. The number of carbonyl (C=O) groups is 1. The zero-order valence-corrected chi connectivity index (χ0v) is 20.8. The van der Waals surface area contributed by atoms with Crippen molar-refractivity contribution < 1.29 is 28.2 Å². The Balaban J connectivity index is 1.58. The van der Waals surface area contributed by atoms with Crippen molar-refractivity contribution in [3.63, 3.8) is 0 Å². The lowest BCUT2D eigenvalue weighted by atomic mass is 10.1. The Kier molecular flexibility index (Phi) is 6.42. The van der Waals surface area contributed by atoms with Gasteiger partial charge in [-0.15, -0.1) is 0 Å². The van der Waals surface area contributed by atoms with Gasteiger partial charge in [-0.25, -0.2) is 23.1 Å². The molecule has 0 spiro atoms. The molecule has 1 fully saturated rings. The Morgan fingerprint density at radius 2 is 1.73 bits per heavy atom. The second kappa shape index (κ2) is 9.56. The van der Waals surface area contributed by atoms with Crippen LogP contribution >= 0.6 is 0 Å². The Bertz CT molecular complexity index is 1560. The Morgan fingerprint density at radius 1 is 1.03 bits per heavy atom. The van der Waals surface area contributed by atoms with Crippen LogP contribution in [0, 0.1) is 0 Å². The van der Waals surface area contributed by atoms with Crippen molar-refractivity contribution in [2.45, 2.75) is 43.3 Å². The number of nitrogens with one attached hydrogen (secondary N) is 2. The first-order valence-corrected chi connectivity index (χ1v) is 13.0. The van der Waals surface area contributed by atoms with Gasteiger partial charge in [0.1, 0.15) is 30.0 Å². The van der Waals surface area contributed by atoms with E-state index in [1.165, 1.54) is 18.5 Å². The van der Waals surface area contributed by atoms with Gasteiger partial charge in [-0.05, 0) is 36.8 Å². The third-order valence-electron chi connectivity index (χ3n) is 6.15. The molecule has 4 atom stereocenters. The summed E-state index contributed by atoms with van der Waals surface area (Å²) in [4.78, 5) is 20.0. The normalized spacial score (nSPS) is 21.7. The third-order valence-corrected chi connectivity index (χ3v) is 7.60. The first-order chi connectivity index (χ1) is 17.7. The fraction of sp³-hybridized carbons (Fsp3) is 0.240. The summed E-state index contributed by atoms with van der Waals surface area (Å²) in [6.07, 6.45) is -0.447. The van der Waals surface area contributed by atoms with E-state index in [1.54, 1.807) is 23.6 Å². The molecule has 0 saturated carbocycles. The fourth-order valence-electron chi connectivity index (χ4n) is 4.37. The Hall–Kier alpha value is -3.84. The number of ether oxygens (including phenoxy) is 1. The number of hydrogen-bond acceptors (Lipinski definition) is 9. The van der Waals surface area contributed by atoms with Gasteiger partial charge in [0.25, 0.3) is 10.0 Å². The molecule has 12 heteroatoms. The predicted octanol–water partition coefficient (Wildman–Crippen LogP) is 2.31. The highest BCUT2D eigenvalue weighted by Gasteiger charge is 2.42. The van der Waals surface area contributed by atoms with Crippen LogP contribution in [0.1, 0.15) is 20.1 Å². The lowest BCUT2D eigenvalue weighted by Gasteiger charge is -2.17. The molecule has 3 heterocycles. The predicted molar refractivity (Wildman–Crippen MR) is 135 cm³/mol. The largest absolute Gasteiger partial charge is 0.388 e. The first-order valence-electron chi connectivity index (χ1n) is 11.5. The second-order valence-corrected chi connectivity index (χ2v) is 10.4. The third kappa shape index (κ3) is 4.67. The fourth-order valence-corrected chi connectivity index (χ4v) is 5.36. The average Bonchev–Trinajstić information content (AvgIpc) is 3.38. The van der Waals surface area contributed by atoms with Crippen molar-refractivity contribution in [1.29, 1.82) is 0 Å². The smallest absolute Gasteiger partial charge is 0.264 e. The van der Waals surface area contributed by atoms with E-state index >= 15 is 0 Å². The van der Waals surface area contributed by atoms with Crippen molar-refractivity contribution in [3.05, 3.63) is 67.1 Å². The molecule has 37 heavy (non-hydrogen) atoms. The number of carbonyl (C=O) groups excluding carboxylic acids is 1. The molecule has 1 aliphatic rings. The molecule has 4 aromatic rings. The van der Waals surface area contributed by atoms with Gasteiger partial charge in [0, 0.05) is 24.4 Å². The average molecular weight is 524 g/mol. The van der Waals surface area contributed by atoms with Gasteiger partial charge in [0.2, 0.25) is 5.91 Å². The Morgan fingerprint density at radius 3 is 2.35 bits per heavy atom. The highest BCUT2D eigenvalue weighted by Crippen LogP contribution is 2.39. The number of aliphatic hydroxyl groups excluding tert-OH is 2. The van der Waals surface area contributed by atoms with Crippen LogP contribution in [0.4, 0.5) is 11.5 Å². The van der Waals surface area contributed by atoms with E-state index in [2.05, 4.69) is 15.3 Å². The summed E-state index contributed by atoms with van der Waals surface area (Å²) in [5.74, 6) is -0.233. The number of rotatable bonds is 6. The molecule has 0 bridgehead atoms. The highest BCUT2D eigenvalue weighted by molar-refractivity contribution is 7.90. The number of hydrogen-bond donors (Lipinski definition) is 4. The number of aromatic nitrogens is 3. The van der Waals surface area contributed by atoms with Crippen LogP contribution in [0.5, 0.6) is 0 Å². The zero-order chi connectivity index (χ0) is 26.3. The molecule has 192 valence electrons. The van der Waals surface area contributed by atoms with Crippen molar-refractivity contribution in [2.75, 3.05) is 5.32 Å². The number of fused-ring (bicyclic) bond motifs is 1. The van der Waals surface area contributed by atoms with E-state index in [4.69, 9.17) is 4.74 Å². The van der Waals surface area contributed by atoms with Gasteiger partial charge >= 0.3 is 0 Å². The monoisotopic (exact) mass is 523 g/mol. The highest BCUT2D eigenvalue weighted by atomic mass is 32.2. The standard InChI is InChI=1S/C25H25N5O6S/c1-14-21(32)22(33)25(36-14)30-12-19(16-6-4-3-5-7-16)20-23(26-13-27-24(20)30)28-17-8-10-18(11-9-17)37(34,35)29-15(2)31/h3-14,21-22,25,32-33H,1-2H3,(H,29,31)(H,26,27,28)/t14-,21-,22-,25-/m1/s1. The van der Waals surface area contributed by atoms with Crippen molar-refractivity contribution in [2.24, 2.45) is 0 Å².